The Labute approximate surface area is 88.3 Å². The molecule has 0 bridgehead atoms. The first kappa shape index (κ1) is 12.4. The molecule has 0 saturated carbocycles. The molecule has 2 heteroatoms. The summed E-state index contributed by atoms with van der Waals surface area (Å²) in [5.74, 6) is 0.0978. The van der Waals surface area contributed by atoms with Gasteiger partial charge < -0.3 is 0 Å². The van der Waals surface area contributed by atoms with E-state index in [0.717, 1.165) is 15.6 Å². The molecular weight excluding hydrogens is 228 g/mol. The Balaban J connectivity index is 0.000000671. The average molecular weight is 243 g/mol. The summed E-state index contributed by atoms with van der Waals surface area (Å²) in [5.41, 5.74) is 1.86. The van der Waals surface area contributed by atoms with Crippen LogP contribution in [0.3, 0.4) is 0 Å². The van der Waals surface area contributed by atoms with Crippen molar-refractivity contribution in [3.8, 4) is 0 Å². The second kappa shape index (κ2) is 5.92. The predicted molar refractivity (Wildman–Crippen MR) is 60.2 cm³/mol. The summed E-state index contributed by atoms with van der Waals surface area (Å²) in [4.78, 5) is 11.0. The lowest BCUT2D eigenvalue weighted by Gasteiger charge is -2.00. The summed E-state index contributed by atoms with van der Waals surface area (Å²) >= 11 is 3.31. The van der Waals surface area contributed by atoms with E-state index in [0.29, 0.717) is 0 Å². The van der Waals surface area contributed by atoms with Crippen LogP contribution in [0.4, 0.5) is 0 Å². The number of rotatable bonds is 1. The Hall–Kier alpha value is -0.630. The van der Waals surface area contributed by atoms with E-state index < -0.39 is 0 Å². The maximum Gasteiger partial charge on any atom is 0.160 e. The van der Waals surface area contributed by atoms with Gasteiger partial charge in [0.05, 0.1) is 0 Å². The topological polar surface area (TPSA) is 17.1 Å². The molecule has 0 saturated heterocycles. The van der Waals surface area contributed by atoms with Crippen molar-refractivity contribution in [2.45, 2.75) is 27.7 Å². The Morgan fingerprint density at radius 3 is 2.23 bits per heavy atom. The van der Waals surface area contributed by atoms with Crippen LogP contribution in [0, 0.1) is 6.92 Å². The largest absolute Gasteiger partial charge is 0.294 e. The molecular formula is C11H15BrO. The number of carbonyl (C=O) groups is 1. The molecule has 0 spiro atoms. The molecule has 1 rings (SSSR count). The van der Waals surface area contributed by atoms with Gasteiger partial charge in [-0.2, -0.15) is 0 Å². The van der Waals surface area contributed by atoms with Crippen molar-refractivity contribution in [3.63, 3.8) is 0 Å². The molecule has 0 aliphatic rings. The van der Waals surface area contributed by atoms with E-state index in [1.165, 1.54) is 0 Å². The van der Waals surface area contributed by atoms with Gasteiger partial charge in [0.1, 0.15) is 0 Å². The zero-order valence-electron chi connectivity index (χ0n) is 8.52. The van der Waals surface area contributed by atoms with Crippen LogP contribution in [0.1, 0.15) is 36.7 Å². The Morgan fingerprint density at radius 1 is 1.31 bits per heavy atom. The minimum absolute atomic E-state index is 0.0978. The predicted octanol–water partition coefficient (Wildman–Crippen LogP) is 3.99. The van der Waals surface area contributed by atoms with E-state index >= 15 is 0 Å². The summed E-state index contributed by atoms with van der Waals surface area (Å²) in [6.07, 6.45) is 0. The van der Waals surface area contributed by atoms with Crippen LogP contribution < -0.4 is 0 Å². The highest BCUT2D eigenvalue weighted by Gasteiger charge is 2.03. The van der Waals surface area contributed by atoms with Crippen molar-refractivity contribution in [1.29, 1.82) is 0 Å². The quantitative estimate of drug-likeness (QED) is 0.681. The second-order valence-corrected chi connectivity index (χ2v) is 3.39. The molecule has 1 aromatic carbocycles. The fraction of sp³-hybridized carbons (Fsp3) is 0.364. The molecule has 0 aliphatic heterocycles. The first-order valence-electron chi connectivity index (χ1n) is 4.38. The lowest BCUT2D eigenvalue weighted by Crippen LogP contribution is -1.93. The molecule has 0 fully saturated rings. The van der Waals surface area contributed by atoms with E-state index in [1.807, 2.05) is 39.0 Å². The van der Waals surface area contributed by atoms with Gasteiger partial charge in [-0.3, -0.25) is 4.79 Å². The molecule has 0 aromatic heterocycles. The van der Waals surface area contributed by atoms with Crippen LogP contribution >= 0.6 is 15.9 Å². The molecule has 0 atom stereocenters. The molecule has 0 amide bonds. The molecule has 1 nitrogen and oxygen atoms in total. The Morgan fingerprint density at radius 2 is 1.85 bits per heavy atom. The monoisotopic (exact) mass is 242 g/mol. The van der Waals surface area contributed by atoms with Crippen LogP contribution in [0.2, 0.25) is 0 Å². The smallest absolute Gasteiger partial charge is 0.160 e. The number of halogens is 1. The lowest BCUT2D eigenvalue weighted by molar-refractivity contribution is 0.101. The van der Waals surface area contributed by atoms with Gasteiger partial charge in [-0.15, -0.1) is 0 Å². The highest BCUT2D eigenvalue weighted by atomic mass is 79.9. The van der Waals surface area contributed by atoms with Crippen molar-refractivity contribution in [2.24, 2.45) is 0 Å². The summed E-state index contributed by atoms with van der Waals surface area (Å²) in [5, 5.41) is 0. The van der Waals surface area contributed by atoms with Crippen LogP contribution in [-0.2, 0) is 0 Å². The number of ketones is 1. The lowest BCUT2D eigenvalue weighted by atomic mass is 10.1. The Kier molecular flexibility index (Phi) is 5.63. The second-order valence-electron chi connectivity index (χ2n) is 2.54. The molecule has 0 N–H and O–H groups in total. The maximum absolute atomic E-state index is 11.0. The molecule has 13 heavy (non-hydrogen) atoms. The van der Waals surface area contributed by atoms with Gasteiger partial charge in [0.2, 0.25) is 0 Å². The van der Waals surface area contributed by atoms with E-state index in [4.69, 9.17) is 0 Å². The van der Waals surface area contributed by atoms with Crippen molar-refractivity contribution in [3.05, 3.63) is 33.8 Å². The normalized spacial score (nSPS) is 8.69. The minimum atomic E-state index is 0.0978. The summed E-state index contributed by atoms with van der Waals surface area (Å²) in [6, 6.07) is 5.75. The van der Waals surface area contributed by atoms with Gasteiger partial charge in [0.25, 0.3) is 0 Å². The van der Waals surface area contributed by atoms with E-state index in [1.54, 1.807) is 6.92 Å². The molecule has 72 valence electrons. The van der Waals surface area contributed by atoms with Gasteiger partial charge >= 0.3 is 0 Å². The third-order valence-electron chi connectivity index (χ3n) is 1.50. The van der Waals surface area contributed by atoms with Crippen molar-refractivity contribution in [2.75, 3.05) is 0 Å². The van der Waals surface area contributed by atoms with Crippen molar-refractivity contribution >= 4 is 21.7 Å². The first-order valence-corrected chi connectivity index (χ1v) is 5.17. The number of Topliss-reactive ketones (excluding diaryl/α,β-unsaturated/α-hetero) is 1. The highest BCUT2D eigenvalue weighted by molar-refractivity contribution is 9.10. The van der Waals surface area contributed by atoms with Crippen LogP contribution in [-0.4, -0.2) is 5.78 Å². The third kappa shape index (κ3) is 3.73. The number of hydrogen-bond donors (Lipinski definition) is 0. The number of benzene rings is 1. The molecule has 1 aromatic rings. The van der Waals surface area contributed by atoms with Crippen molar-refractivity contribution < 1.29 is 4.79 Å². The van der Waals surface area contributed by atoms with Gasteiger partial charge in [0, 0.05) is 10.0 Å². The number of hydrogen-bond acceptors (Lipinski definition) is 1. The SMILES string of the molecule is CC.CC(=O)c1cc(C)ccc1Br. The third-order valence-corrected chi connectivity index (χ3v) is 2.19. The molecule has 0 unspecified atom stereocenters. The summed E-state index contributed by atoms with van der Waals surface area (Å²) in [6.45, 7) is 7.54. The van der Waals surface area contributed by atoms with Gasteiger partial charge in [-0.05, 0) is 26.0 Å². The molecule has 0 heterocycles. The first-order chi connectivity index (χ1) is 6.11. The van der Waals surface area contributed by atoms with Gasteiger partial charge in [-0.1, -0.05) is 41.4 Å². The fourth-order valence-electron chi connectivity index (χ4n) is 0.909. The van der Waals surface area contributed by atoms with E-state index in [2.05, 4.69) is 15.9 Å². The summed E-state index contributed by atoms with van der Waals surface area (Å²) in [7, 11) is 0. The molecule has 0 radical (unpaired) electrons. The summed E-state index contributed by atoms with van der Waals surface area (Å²) < 4.78 is 0.871. The highest BCUT2D eigenvalue weighted by Crippen LogP contribution is 2.18. The van der Waals surface area contributed by atoms with E-state index in [-0.39, 0.29) is 5.78 Å². The number of carbonyl (C=O) groups excluding carboxylic acids is 1. The van der Waals surface area contributed by atoms with Crippen molar-refractivity contribution in [1.82, 2.24) is 0 Å². The van der Waals surface area contributed by atoms with Gasteiger partial charge in [-0.25, -0.2) is 0 Å². The average Bonchev–Trinajstić information content (AvgIpc) is 2.12. The standard InChI is InChI=1S/C9H9BrO.C2H6/c1-6-3-4-9(10)8(5-6)7(2)11;1-2/h3-5H,1-2H3;1-2H3. The zero-order valence-corrected chi connectivity index (χ0v) is 10.1. The van der Waals surface area contributed by atoms with E-state index in [9.17, 15) is 4.79 Å². The minimum Gasteiger partial charge on any atom is -0.294 e. The van der Waals surface area contributed by atoms with Gasteiger partial charge in [0.15, 0.2) is 5.78 Å². The van der Waals surface area contributed by atoms with Crippen LogP contribution in [0.15, 0.2) is 22.7 Å². The fourth-order valence-corrected chi connectivity index (χ4v) is 1.43. The Bertz CT molecular complexity index is 292. The zero-order chi connectivity index (χ0) is 10.4. The molecule has 0 aliphatic carbocycles. The number of aryl methyl sites for hydroxylation is 1. The van der Waals surface area contributed by atoms with Crippen LogP contribution in [0.25, 0.3) is 0 Å². The van der Waals surface area contributed by atoms with Crippen LogP contribution in [0.5, 0.6) is 0 Å². The maximum atomic E-state index is 11.0.